The van der Waals surface area contributed by atoms with E-state index in [0.29, 0.717) is 0 Å². The second kappa shape index (κ2) is 10.1. The SMILES string of the molecule is c1ccc(-c2ccc(N(c3ccc(-c4ccc5ccccc5c4)cc3)c3cccc4oc5cccnc5c34)cc2)cc1. The van der Waals surface area contributed by atoms with Crippen molar-refractivity contribution in [3.05, 3.63) is 158 Å². The first-order valence-corrected chi connectivity index (χ1v) is 14.1. The van der Waals surface area contributed by atoms with E-state index in [1.165, 1.54) is 33.0 Å². The molecule has 0 atom stereocenters. The molecule has 0 radical (unpaired) electrons. The first-order chi connectivity index (χ1) is 20.8. The summed E-state index contributed by atoms with van der Waals surface area (Å²) in [5.74, 6) is 0. The third-order valence-corrected chi connectivity index (χ3v) is 7.91. The number of hydrogen-bond donors (Lipinski definition) is 0. The van der Waals surface area contributed by atoms with Gasteiger partial charge in [0.25, 0.3) is 0 Å². The summed E-state index contributed by atoms with van der Waals surface area (Å²) in [6.45, 7) is 0. The summed E-state index contributed by atoms with van der Waals surface area (Å²) < 4.78 is 6.21. The molecular weight excluding hydrogens is 512 g/mol. The summed E-state index contributed by atoms with van der Waals surface area (Å²) in [5.41, 5.74) is 10.4. The minimum atomic E-state index is 0.783. The maximum Gasteiger partial charge on any atom is 0.153 e. The number of anilines is 3. The molecule has 0 spiro atoms. The number of furan rings is 1. The Kier molecular flexibility index (Phi) is 5.79. The summed E-state index contributed by atoms with van der Waals surface area (Å²) in [6, 6.07) is 53.3. The summed E-state index contributed by atoms with van der Waals surface area (Å²) in [6.07, 6.45) is 1.82. The molecule has 2 heterocycles. The molecule has 0 bridgehead atoms. The lowest BCUT2D eigenvalue weighted by molar-refractivity contribution is 0.668. The molecule has 0 amide bonds. The Morgan fingerprint density at radius 3 is 1.83 bits per heavy atom. The Morgan fingerprint density at radius 1 is 0.452 bits per heavy atom. The van der Waals surface area contributed by atoms with Crippen LogP contribution in [0.1, 0.15) is 0 Å². The number of pyridine rings is 1. The minimum absolute atomic E-state index is 0.783. The van der Waals surface area contributed by atoms with Gasteiger partial charge in [0.2, 0.25) is 0 Å². The van der Waals surface area contributed by atoms with Crippen molar-refractivity contribution in [2.24, 2.45) is 0 Å². The minimum Gasteiger partial charge on any atom is -0.454 e. The average molecular weight is 539 g/mol. The zero-order valence-electron chi connectivity index (χ0n) is 22.8. The van der Waals surface area contributed by atoms with Gasteiger partial charge in [0.1, 0.15) is 11.1 Å². The summed E-state index contributed by atoms with van der Waals surface area (Å²) in [7, 11) is 0. The van der Waals surface area contributed by atoms with Crippen molar-refractivity contribution in [3.8, 4) is 22.3 Å². The lowest BCUT2D eigenvalue weighted by Crippen LogP contribution is -2.10. The van der Waals surface area contributed by atoms with Crippen LogP contribution in [-0.4, -0.2) is 4.98 Å². The van der Waals surface area contributed by atoms with Gasteiger partial charge in [0.05, 0.1) is 11.1 Å². The first kappa shape index (κ1) is 24.2. The summed E-state index contributed by atoms with van der Waals surface area (Å²) >= 11 is 0. The van der Waals surface area contributed by atoms with Crippen molar-refractivity contribution in [2.45, 2.75) is 0 Å². The Hall–Kier alpha value is -5.67. The van der Waals surface area contributed by atoms with Crippen molar-refractivity contribution < 1.29 is 4.42 Å². The Bertz CT molecular complexity index is 2180. The highest BCUT2D eigenvalue weighted by atomic mass is 16.3. The van der Waals surface area contributed by atoms with Crippen molar-refractivity contribution >= 4 is 49.9 Å². The van der Waals surface area contributed by atoms with Gasteiger partial charge in [-0.3, -0.25) is 4.98 Å². The highest BCUT2D eigenvalue weighted by molar-refractivity contribution is 6.11. The van der Waals surface area contributed by atoms with Crippen LogP contribution in [0, 0.1) is 0 Å². The van der Waals surface area contributed by atoms with Gasteiger partial charge in [-0.05, 0) is 87.6 Å². The normalized spacial score (nSPS) is 11.3. The van der Waals surface area contributed by atoms with Crippen molar-refractivity contribution in [1.29, 1.82) is 0 Å². The van der Waals surface area contributed by atoms with E-state index >= 15 is 0 Å². The second-order valence-electron chi connectivity index (χ2n) is 10.5. The van der Waals surface area contributed by atoms with Crippen LogP contribution in [0.4, 0.5) is 17.1 Å². The van der Waals surface area contributed by atoms with E-state index in [4.69, 9.17) is 9.40 Å². The molecule has 8 rings (SSSR count). The van der Waals surface area contributed by atoms with E-state index in [2.05, 4.69) is 132 Å². The standard InChI is InChI=1S/C39H26N2O/c1-2-8-27(9-3-1)29-17-21-33(22-18-29)41(35-12-6-13-36-38(35)39-37(42-36)14-7-25-40-39)34-23-19-30(20-24-34)32-16-15-28-10-4-5-11-31(28)26-32/h1-26H. The van der Waals surface area contributed by atoms with Gasteiger partial charge in [-0.2, -0.15) is 0 Å². The van der Waals surface area contributed by atoms with Gasteiger partial charge < -0.3 is 9.32 Å². The van der Waals surface area contributed by atoms with E-state index < -0.39 is 0 Å². The molecule has 0 aliphatic heterocycles. The third-order valence-electron chi connectivity index (χ3n) is 7.91. The second-order valence-corrected chi connectivity index (χ2v) is 10.5. The maximum atomic E-state index is 6.21. The fraction of sp³-hybridized carbons (Fsp3) is 0. The molecule has 198 valence electrons. The van der Waals surface area contributed by atoms with Gasteiger partial charge in [-0.25, -0.2) is 0 Å². The quantitative estimate of drug-likeness (QED) is 0.218. The molecule has 2 aromatic heterocycles. The van der Waals surface area contributed by atoms with E-state index in [1.54, 1.807) is 0 Å². The van der Waals surface area contributed by atoms with Gasteiger partial charge >= 0.3 is 0 Å². The number of fused-ring (bicyclic) bond motifs is 4. The summed E-state index contributed by atoms with van der Waals surface area (Å²) in [4.78, 5) is 7.01. The third kappa shape index (κ3) is 4.20. The molecule has 0 aliphatic rings. The number of rotatable bonds is 5. The monoisotopic (exact) mass is 538 g/mol. The van der Waals surface area contributed by atoms with Crippen LogP contribution in [0.25, 0.3) is 55.1 Å². The van der Waals surface area contributed by atoms with Crippen molar-refractivity contribution in [2.75, 3.05) is 4.90 Å². The van der Waals surface area contributed by atoms with E-state index in [9.17, 15) is 0 Å². The van der Waals surface area contributed by atoms with Crippen LogP contribution in [0.2, 0.25) is 0 Å². The molecule has 0 fully saturated rings. The largest absolute Gasteiger partial charge is 0.454 e. The number of benzene rings is 6. The van der Waals surface area contributed by atoms with Gasteiger partial charge in [-0.1, -0.05) is 97.1 Å². The zero-order valence-corrected chi connectivity index (χ0v) is 22.8. The number of aromatic nitrogens is 1. The molecule has 42 heavy (non-hydrogen) atoms. The lowest BCUT2D eigenvalue weighted by atomic mass is 10.0. The van der Waals surface area contributed by atoms with Gasteiger partial charge in [-0.15, -0.1) is 0 Å². The molecule has 0 unspecified atom stereocenters. The van der Waals surface area contributed by atoms with Crippen LogP contribution in [0.5, 0.6) is 0 Å². The van der Waals surface area contributed by atoms with E-state index in [-0.39, 0.29) is 0 Å². The van der Waals surface area contributed by atoms with Crippen LogP contribution >= 0.6 is 0 Å². The summed E-state index contributed by atoms with van der Waals surface area (Å²) in [5, 5.41) is 3.49. The van der Waals surface area contributed by atoms with Gasteiger partial charge in [0, 0.05) is 17.6 Å². The van der Waals surface area contributed by atoms with E-state index in [0.717, 1.165) is 39.1 Å². The van der Waals surface area contributed by atoms with Crippen LogP contribution < -0.4 is 4.90 Å². The highest BCUT2D eigenvalue weighted by Crippen LogP contribution is 2.43. The molecular formula is C39H26N2O. The smallest absolute Gasteiger partial charge is 0.153 e. The predicted octanol–water partition coefficient (Wildman–Crippen LogP) is 10.9. The lowest BCUT2D eigenvalue weighted by Gasteiger charge is -2.26. The van der Waals surface area contributed by atoms with Crippen LogP contribution in [0.3, 0.4) is 0 Å². The highest BCUT2D eigenvalue weighted by Gasteiger charge is 2.20. The molecule has 0 saturated heterocycles. The molecule has 3 nitrogen and oxygen atoms in total. The average Bonchev–Trinajstić information content (AvgIpc) is 3.45. The molecule has 3 heteroatoms. The fourth-order valence-electron chi connectivity index (χ4n) is 5.84. The molecule has 0 saturated carbocycles. The number of hydrogen-bond acceptors (Lipinski definition) is 3. The first-order valence-electron chi connectivity index (χ1n) is 14.1. The van der Waals surface area contributed by atoms with E-state index in [1.807, 2.05) is 30.5 Å². The molecule has 0 N–H and O–H groups in total. The molecule has 8 aromatic rings. The number of nitrogens with zero attached hydrogens (tertiary/aromatic N) is 2. The van der Waals surface area contributed by atoms with Crippen LogP contribution in [-0.2, 0) is 0 Å². The maximum absolute atomic E-state index is 6.21. The molecule has 6 aromatic carbocycles. The fourth-order valence-corrected chi connectivity index (χ4v) is 5.84. The van der Waals surface area contributed by atoms with Gasteiger partial charge in [0.15, 0.2) is 5.58 Å². The predicted molar refractivity (Wildman–Crippen MR) is 175 cm³/mol. The Balaban J connectivity index is 1.27. The topological polar surface area (TPSA) is 29.3 Å². The Labute approximate surface area is 243 Å². The van der Waals surface area contributed by atoms with Crippen molar-refractivity contribution in [1.82, 2.24) is 4.98 Å². The molecule has 0 aliphatic carbocycles. The van der Waals surface area contributed by atoms with Crippen molar-refractivity contribution in [3.63, 3.8) is 0 Å². The Morgan fingerprint density at radius 2 is 1.07 bits per heavy atom. The zero-order chi connectivity index (χ0) is 27.9. The van der Waals surface area contributed by atoms with Crippen LogP contribution in [0.15, 0.2) is 162 Å².